The minimum absolute atomic E-state index is 0.148. The van der Waals surface area contributed by atoms with Crippen LogP contribution in [0.25, 0.3) is 0 Å². The molecule has 3 amide bonds. The highest BCUT2D eigenvalue weighted by Gasteiger charge is 2.42. The van der Waals surface area contributed by atoms with E-state index in [0.717, 1.165) is 12.0 Å². The van der Waals surface area contributed by atoms with E-state index in [2.05, 4.69) is 0 Å². The first-order valence-electron chi connectivity index (χ1n) is 9.36. The van der Waals surface area contributed by atoms with Crippen LogP contribution >= 0.6 is 0 Å². The van der Waals surface area contributed by atoms with Gasteiger partial charge in [-0.3, -0.25) is 19.3 Å². The molecule has 0 atom stereocenters. The highest BCUT2D eigenvalue weighted by molar-refractivity contribution is 6.22. The zero-order chi connectivity index (χ0) is 20.2. The molecule has 2 aromatic rings. The Hall–Kier alpha value is -3.15. The summed E-state index contributed by atoms with van der Waals surface area (Å²) in [5.41, 5.74) is 9.26. The van der Waals surface area contributed by atoms with Crippen molar-refractivity contribution in [2.24, 2.45) is 0 Å². The van der Waals surface area contributed by atoms with E-state index in [1.165, 1.54) is 10.5 Å². The third kappa shape index (κ3) is 2.85. The van der Waals surface area contributed by atoms with Crippen LogP contribution in [0.5, 0.6) is 0 Å². The molecule has 2 aliphatic rings. The Labute approximate surface area is 163 Å². The third-order valence-corrected chi connectivity index (χ3v) is 5.33. The summed E-state index contributed by atoms with van der Waals surface area (Å²) >= 11 is 0. The number of nitrogens with two attached hydrogens (primary N) is 1. The molecule has 6 heteroatoms. The van der Waals surface area contributed by atoms with Crippen molar-refractivity contribution in [2.45, 2.75) is 39.3 Å². The summed E-state index contributed by atoms with van der Waals surface area (Å²) in [4.78, 5) is 41.4. The highest BCUT2D eigenvalue weighted by Crippen LogP contribution is 2.30. The minimum Gasteiger partial charge on any atom is -0.399 e. The van der Waals surface area contributed by atoms with Gasteiger partial charge in [0.2, 0.25) is 0 Å². The van der Waals surface area contributed by atoms with Crippen LogP contribution in [-0.4, -0.2) is 39.6 Å². The number of carbonyl (C=O) groups is 3. The molecule has 0 aromatic heterocycles. The minimum atomic E-state index is -0.617. The number of nitrogen functional groups attached to an aromatic ring is 1. The van der Waals surface area contributed by atoms with E-state index in [1.54, 1.807) is 23.1 Å². The lowest BCUT2D eigenvalue weighted by Gasteiger charge is -2.29. The Morgan fingerprint density at radius 3 is 2.39 bits per heavy atom. The lowest BCUT2D eigenvalue weighted by molar-refractivity contribution is 0.0507. The van der Waals surface area contributed by atoms with E-state index in [4.69, 9.17) is 5.73 Å². The van der Waals surface area contributed by atoms with Gasteiger partial charge in [0.15, 0.2) is 0 Å². The highest BCUT2D eigenvalue weighted by atomic mass is 16.2. The van der Waals surface area contributed by atoms with Crippen molar-refractivity contribution in [3.05, 3.63) is 64.2 Å². The van der Waals surface area contributed by atoms with Crippen LogP contribution in [0.2, 0.25) is 0 Å². The zero-order valence-electron chi connectivity index (χ0n) is 16.3. The molecule has 6 nitrogen and oxygen atoms in total. The van der Waals surface area contributed by atoms with Crippen LogP contribution in [0.3, 0.4) is 0 Å². The number of amides is 3. The first-order valence-corrected chi connectivity index (χ1v) is 9.36. The topological polar surface area (TPSA) is 83.7 Å². The number of carbonyl (C=O) groups excluding carboxylic acids is 3. The number of anilines is 1. The van der Waals surface area contributed by atoms with Crippen LogP contribution in [0.1, 0.15) is 63.0 Å². The maximum atomic E-state index is 13.0. The number of nitrogens with zero attached hydrogens (tertiary/aromatic N) is 2. The number of benzene rings is 2. The van der Waals surface area contributed by atoms with Crippen LogP contribution < -0.4 is 5.73 Å². The van der Waals surface area contributed by atoms with Crippen molar-refractivity contribution in [3.63, 3.8) is 0 Å². The summed E-state index contributed by atoms with van der Waals surface area (Å²) in [6.45, 7) is 6.54. The molecule has 0 unspecified atom stereocenters. The van der Waals surface area contributed by atoms with Crippen molar-refractivity contribution in [1.82, 2.24) is 9.80 Å². The van der Waals surface area contributed by atoms with Gasteiger partial charge in [0.1, 0.15) is 0 Å². The number of imide groups is 1. The van der Waals surface area contributed by atoms with Gasteiger partial charge in [-0.25, -0.2) is 0 Å². The summed E-state index contributed by atoms with van der Waals surface area (Å²) < 4.78 is 0. The van der Waals surface area contributed by atoms with Gasteiger partial charge in [0, 0.05) is 29.9 Å². The monoisotopic (exact) mass is 377 g/mol. The first kappa shape index (κ1) is 18.2. The van der Waals surface area contributed by atoms with Gasteiger partial charge < -0.3 is 10.6 Å². The zero-order valence-corrected chi connectivity index (χ0v) is 16.3. The van der Waals surface area contributed by atoms with E-state index >= 15 is 0 Å². The Morgan fingerprint density at radius 1 is 0.964 bits per heavy atom. The molecule has 0 radical (unpaired) electrons. The van der Waals surface area contributed by atoms with Crippen LogP contribution in [0.4, 0.5) is 5.69 Å². The number of hydrogen-bond donors (Lipinski definition) is 1. The van der Waals surface area contributed by atoms with Gasteiger partial charge in [0.25, 0.3) is 17.7 Å². The first-order chi connectivity index (χ1) is 13.2. The summed E-state index contributed by atoms with van der Waals surface area (Å²) in [5, 5.41) is 0. The lowest BCUT2D eigenvalue weighted by Crippen LogP contribution is -2.45. The van der Waals surface area contributed by atoms with Crippen molar-refractivity contribution < 1.29 is 14.4 Å². The summed E-state index contributed by atoms with van der Waals surface area (Å²) in [6.07, 6.45) is 0.765. The molecule has 0 aliphatic carbocycles. The summed E-state index contributed by atoms with van der Waals surface area (Å²) in [5.74, 6) is -0.807. The summed E-state index contributed by atoms with van der Waals surface area (Å²) in [7, 11) is 0. The lowest BCUT2D eigenvalue weighted by atomic mass is 9.98. The van der Waals surface area contributed by atoms with Gasteiger partial charge in [-0.2, -0.15) is 0 Å². The Bertz CT molecular complexity index is 1020. The van der Waals surface area contributed by atoms with Gasteiger partial charge in [-0.15, -0.1) is 0 Å². The van der Waals surface area contributed by atoms with Gasteiger partial charge in [-0.1, -0.05) is 6.07 Å². The molecule has 2 aromatic carbocycles. The van der Waals surface area contributed by atoms with E-state index < -0.39 is 5.54 Å². The third-order valence-electron chi connectivity index (χ3n) is 5.33. The smallest absolute Gasteiger partial charge is 0.262 e. The van der Waals surface area contributed by atoms with Crippen molar-refractivity contribution in [3.8, 4) is 0 Å². The van der Waals surface area contributed by atoms with E-state index in [0.29, 0.717) is 35.5 Å². The molecule has 0 spiro atoms. The normalized spacial score (nSPS) is 16.2. The number of hydrogen-bond acceptors (Lipinski definition) is 4. The van der Waals surface area contributed by atoms with Crippen molar-refractivity contribution >= 4 is 23.4 Å². The predicted octanol–water partition coefficient (Wildman–Crippen LogP) is 2.86. The molecule has 0 saturated heterocycles. The molecule has 2 aliphatic heterocycles. The van der Waals surface area contributed by atoms with Crippen LogP contribution in [0, 0.1) is 0 Å². The number of rotatable bonds is 1. The van der Waals surface area contributed by atoms with Crippen LogP contribution in [-0.2, 0) is 13.0 Å². The molecule has 0 saturated carbocycles. The largest absolute Gasteiger partial charge is 0.399 e. The fourth-order valence-electron chi connectivity index (χ4n) is 3.92. The molecular formula is C22H23N3O3. The summed E-state index contributed by atoms with van der Waals surface area (Å²) in [6, 6.07) is 10.6. The molecule has 28 heavy (non-hydrogen) atoms. The van der Waals surface area contributed by atoms with Crippen molar-refractivity contribution in [2.75, 3.05) is 12.3 Å². The molecule has 0 fully saturated rings. The standard InChI is InChI=1S/C22H23N3O3/c1-22(2,3)25-20(27)17-7-5-14(11-18(17)21(25)28)19(26)24-9-8-13-4-6-16(23)10-15(13)12-24/h4-7,10-11H,8-9,12,23H2,1-3H3. The molecule has 2 N–H and O–H groups in total. The van der Waals surface area contributed by atoms with Gasteiger partial charge >= 0.3 is 0 Å². The SMILES string of the molecule is CC(C)(C)N1C(=O)c2ccc(C(=O)N3CCc4ccc(N)cc4C3)cc2C1=O. The fourth-order valence-corrected chi connectivity index (χ4v) is 3.92. The quantitative estimate of drug-likeness (QED) is 0.612. The molecular weight excluding hydrogens is 354 g/mol. The second kappa shape index (κ2) is 6.19. The van der Waals surface area contributed by atoms with E-state index in [1.807, 2.05) is 39.0 Å². The average molecular weight is 377 g/mol. The Kier molecular flexibility index (Phi) is 4.03. The van der Waals surface area contributed by atoms with E-state index in [9.17, 15) is 14.4 Å². The fraction of sp³-hybridized carbons (Fsp3) is 0.318. The van der Waals surface area contributed by atoms with Crippen molar-refractivity contribution in [1.29, 1.82) is 0 Å². The number of fused-ring (bicyclic) bond motifs is 2. The average Bonchev–Trinajstić information content (AvgIpc) is 2.90. The maximum absolute atomic E-state index is 13.0. The van der Waals surface area contributed by atoms with Gasteiger partial charge in [-0.05, 0) is 68.7 Å². The predicted molar refractivity (Wildman–Crippen MR) is 106 cm³/mol. The van der Waals surface area contributed by atoms with Gasteiger partial charge in [0.05, 0.1) is 11.1 Å². The maximum Gasteiger partial charge on any atom is 0.262 e. The Morgan fingerprint density at radius 2 is 1.68 bits per heavy atom. The molecule has 0 bridgehead atoms. The Balaban J connectivity index is 1.62. The second-order valence-corrected chi connectivity index (χ2v) is 8.38. The molecule has 144 valence electrons. The molecule has 2 heterocycles. The molecule has 4 rings (SSSR count). The second-order valence-electron chi connectivity index (χ2n) is 8.38. The van der Waals surface area contributed by atoms with Crippen LogP contribution in [0.15, 0.2) is 36.4 Å². The van der Waals surface area contributed by atoms with E-state index in [-0.39, 0.29) is 17.7 Å².